The van der Waals surface area contributed by atoms with E-state index in [2.05, 4.69) is 47.0 Å². The lowest BCUT2D eigenvalue weighted by Gasteiger charge is -2.40. The standard InChI is InChI=1S/C15H26O3Si/c1-8-10-14(12(16)17)11-15(14,9-2)18-19(6,7)13(3,4)5/h8-9H,1-2,10-11H2,3-7H3,(H,16,17)/t14-,15+/m1/s1. The maximum Gasteiger partial charge on any atom is 0.313 e. The topological polar surface area (TPSA) is 46.5 Å². The lowest BCUT2D eigenvalue weighted by Crippen LogP contribution is -2.46. The quantitative estimate of drug-likeness (QED) is 0.592. The molecule has 108 valence electrons. The van der Waals surface area contributed by atoms with Crippen LogP contribution in [0.4, 0.5) is 0 Å². The number of hydrogen-bond acceptors (Lipinski definition) is 2. The summed E-state index contributed by atoms with van der Waals surface area (Å²) in [5.74, 6) is -0.814. The molecule has 19 heavy (non-hydrogen) atoms. The van der Waals surface area contributed by atoms with Gasteiger partial charge in [-0.15, -0.1) is 13.2 Å². The van der Waals surface area contributed by atoms with E-state index >= 15 is 0 Å². The number of rotatable bonds is 6. The molecule has 0 aromatic carbocycles. The van der Waals surface area contributed by atoms with Crippen molar-refractivity contribution in [3.8, 4) is 0 Å². The average Bonchev–Trinajstić information content (AvgIpc) is 2.86. The van der Waals surface area contributed by atoms with Crippen LogP contribution in [0.5, 0.6) is 0 Å². The molecule has 1 fully saturated rings. The molecule has 0 amide bonds. The van der Waals surface area contributed by atoms with Gasteiger partial charge in [0.05, 0.1) is 5.60 Å². The Kier molecular flexibility index (Phi) is 3.92. The van der Waals surface area contributed by atoms with Crippen LogP contribution in [-0.2, 0) is 9.22 Å². The van der Waals surface area contributed by atoms with E-state index in [1.165, 1.54) is 0 Å². The summed E-state index contributed by atoms with van der Waals surface area (Å²) in [5.41, 5.74) is -1.60. The predicted octanol–water partition coefficient (Wildman–Crippen LogP) is 3.98. The van der Waals surface area contributed by atoms with Crippen LogP contribution in [0.1, 0.15) is 33.6 Å². The molecule has 0 aromatic rings. The van der Waals surface area contributed by atoms with E-state index in [9.17, 15) is 9.90 Å². The minimum Gasteiger partial charge on any atom is -0.481 e. The minimum atomic E-state index is -2.03. The van der Waals surface area contributed by atoms with Crippen molar-refractivity contribution in [2.75, 3.05) is 0 Å². The second kappa shape index (κ2) is 4.60. The molecular weight excluding hydrogens is 256 g/mol. The molecule has 2 atom stereocenters. The predicted molar refractivity (Wildman–Crippen MR) is 80.7 cm³/mol. The highest BCUT2D eigenvalue weighted by Crippen LogP contribution is 2.64. The van der Waals surface area contributed by atoms with Crippen LogP contribution < -0.4 is 0 Å². The molecular formula is C15H26O3Si. The van der Waals surface area contributed by atoms with E-state index < -0.39 is 25.3 Å². The fraction of sp³-hybridized carbons (Fsp3) is 0.667. The van der Waals surface area contributed by atoms with Gasteiger partial charge in [0.1, 0.15) is 5.41 Å². The first-order chi connectivity index (χ1) is 8.48. The van der Waals surface area contributed by atoms with Gasteiger partial charge in [0.2, 0.25) is 0 Å². The molecule has 1 N–H and O–H groups in total. The number of aliphatic carboxylic acids is 1. The van der Waals surface area contributed by atoms with Crippen LogP contribution >= 0.6 is 0 Å². The van der Waals surface area contributed by atoms with E-state index in [-0.39, 0.29) is 5.04 Å². The zero-order valence-electron chi connectivity index (χ0n) is 12.7. The normalized spacial score (nSPS) is 30.8. The monoisotopic (exact) mass is 282 g/mol. The molecule has 0 spiro atoms. The summed E-state index contributed by atoms with van der Waals surface area (Å²) in [6.45, 7) is 18.2. The Balaban J connectivity index is 3.08. The molecule has 0 radical (unpaired) electrons. The Morgan fingerprint density at radius 1 is 1.42 bits per heavy atom. The average molecular weight is 282 g/mol. The van der Waals surface area contributed by atoms with E-state index in [4.69, 9.17) is 4.43 Å². The van der Waals surface area contributed by atoms with Crippen molar-refractivity contribution in [1.29, 1.82) is 0 Å². The highest BCUT2D eigenvalue weighted by atomic mass is 28.4. The molecule has 0 bridgehead atoms. The summed E-state index contributed by atoms with van der Waals surface area (Å²) in [4.78, 5) is 11.6. The molecule has 0 heterocycles. The van der Waals surface area contributed by atoms with Crippen molar-refractivity contribution < 1.29 is 14.3 Å². The second-order valence-corrected chi connectivity index (χ2v) is 11.7. The largest absolute Gasteiger partial charge is 0.481 e. The van der Waals surface area contributed by atoms with Gasteiger partial charge in [0, 0.05) is 0 Å². The second-order valence-electron chi connectivity index (χ2n) is 7.01. The Hall–Kier alpha value is -0.873. The van der Waals surface area contributed by atoms with Crippen LogP contribution in [0.2, 0.25) is 18.1 Å². The minimum absolute atomic E-state index is 0.0457. The first-order valence-corrected chi connectivity index (χ1v) is 9.57. The maximum absolute atomic E-state index is 11.6. The zero-order chi connectivity index (χ0) is 15.1. The molecule has 3 nitrogen and oxygen atoms in total. The fourth-order valence-electron chi connectivity index (χ4n) is 2.29. The summed E-state index contributed by atoms with van der Waals surface area (Å²) < 4.78 is 6.37. The van der Waals surface area contributed by atoms with Crippen LogP contribution in [0.25, 0.3) is 0 Å². The number of carboxylic acids is 1. The van der Waals surface area contributed by atoms with Crippen molar-refractivity contribution >= 4 is 14.3 Å². The first-order valence-electron chi connectivity index (χ1n) is 6.66. The smallest absolute Gasteiger partial charge is 0.313 e. The maximum atomic E-state index is 11.6. The summed E-state index contributed by atoms with van der Waals surface area (Å²) in [6.07, 6.45) is 4.26. The van der Waals surface area contributed by atoms with E-state index in [1.54, 1.807) is 12.2 Å². The molecule has 0 aromatic heterocycles. The van der Waals surface area contributed by atoms with Gasteiger partial charge in [-0.05, 0) is 31.0 Å². The number of hydrogen-bond donors (Lipinski definition) is 1. The van der Waals surface area contributed by atoms with E-state index in [0.29, 0.717) is 12.8 Å². The third-order valence-electron chi connectivity index (χ3n) is 4.72. The Bertz CT molecular complexity index is 408. The third kappa shape index (κ3) is 2.43. The van der Waals surface area contributed by atoms with E-state index in [1.807, 2.05) is 0 Å². The zero-order valence-corrected chi connectivity index (χ0v) is 13.7. The van der Waals surface area contributed by atoms with Crippen molar-refractivity contribution in [1.82, 2.24) is 0 Å². The fourth-order valence-corrected chi connectivity index (χ4v) is 3.86. The first kappa shape index (κ1) is 16.2. The Morgan fingerprint density at radius 3 is 2.26 bits per heavy atom. The summed E-state index contributed by atoms with van der Waals surface area (Å²) in [5, 5.41) is 9.59. The molecule has 4 heteroatoms. The van der Waals surface area contributed by atoms with Gasteiger partial charge in [-0.2, -0.15) is 0 Å². The van der Waals surface area contributed by atoms with Crippen LogP contribution in [0, 0.1) is 5.41 Å². The van der Waals surface area contributed by atoms with Gasteiger partial charge in [-0.1, -0.05) is 32.9 Å². The van der Waals surface area contributed by atoms with E-state index in [0.717, 1.165) is 0 Å². The molecule has 1 rings (SSSR count). The van der Waals surface area contributed by atoms with Crippen molar-refractivity contribution in [2.24, 2.45) is 5.41 Å². The number of allylic oxidation sites excluding steroid dienone is 1. The van der Waals surface area contributed by atoms with Gasteiger partial charge < -0.3 is 9.53 Å². The van der Waals surface area contributed by atoms with Crippen molar-refractivity contribution in [3.63, 3.8) is 0 Å². The van der Waals surface area contributed by atoms with Gasteiger partial charge in [-0.25, -0.2) is 0 Å². The SMILES string of the molecule is C=CC[C@]1(C(=O)O)C[C@]1(C=C)O[Si](C)(C)C(C)(C)C. The summed E-state index contributed by atoms with van der Waals surface area (Å²) >= 11 is 0. The van der Waals surface area contributed by atoms with Crippen LogP contribution in [0.15, 0.2) is 25.3 Å². The Labute approximate surface area is 117 Å². The molecule has 0 saturated heterocycles. The van der Waals surface area contributed by atoms with Crippen molar-refractivity contribution in [3.05, 3.63) is 25.3 Å². The summed E-state index contributed by atoms with van der Waals surface area (Å²) in [6, 6.07) is 0. The van der Waals surface area contributed by atoms with Crippen LogP contribution in [0.3, 0.4) is 0 Å². The Morgan fingerprint density at radius 2 is 1.95 bits per heavy atom. The van der Waals surface area contributed by atoms with Crippen LogP contribution in [-0.4, -0.2) is 25.0 Å². The molecule has 1 aliphatic carbocycles. The highest BCUT2D eigenvalue weighted by Gasteiger charge is 2.73. The van der Waals surface area contributed by atoms with Crippen molar-refractivity contribution in [2.45, 2.75) is 57.3 Å². The lowest BCUT2D eigenvalue weighted by atomic mass is 9.97. The number of carbonyl (C=O) groups is 1. The lowest BCUT2D eigenvalue weighted by molar-refractivity contribution is -0.145. The van der Waals surface area contributed by atoms with Gasteiger partial charge in [0.15, 0.2) is 8.32 Å². The van der Waals surface area contributed by atoms with Gasteiger partial charge in [-0.3, -0.25) is 4.79 Å². The number of carboxylic acid groups (broad SMARTS) is 1. The third-order valence-corrected chi connectivity index (χ3v) is 9.21. The van der Waals surface area contributed by atoms with Gasteiger partial charge >= 0.3 is 5.97 Å². The summed E-state index contributed by atoms with van der Waals surface area (Å²) in [7, 11) is -2.03. The molecule has 0 unspecified atom stereocenters. The molecule has 0 aliphatic heterocycles. The molecule has 1 saturated carbocycles. The molecule has 1 aliphatic rings. The van der Waals surface area contributed by atoms with Gasteiger partial charge in [0.25, 0.3) is 0 Å². The highest BCUT2D eigenvalue weighted by molar-refractivity contribution is 6.74.